The summed E-state index contributed by atoms with van der Waals surface area (Å²) in [5, 5.41) is 0. The van der Waals surface area contributed by atoms with Crippen LogP contribution in [0.1, 0.15) is 15.9 Å². The number of amides is 1. The summed E-state index contributed by atoms with van der Waals surface area (Å²) >= 11 is 0. The molecule has 1 aliphatic heterocycles. The van der Waals surface area contributed by atoms with Gasteiger partial charge in [-0.25, -0.2) is 0 Å². The van der Waals surface area contributed by atoms with E-state index >= 15 is 0 Å². The number of nitrogens with zero attached hydrogens (tertiary/aromatic N) is 2. The van der Waals surface area contributed by atoms with E-state index in [1.54, 1.807) is 16.8 Å². The molecular weight excluding hydrogens is 252 g/mol. The normalized spacial score (nSPS) is 14.2. The van der Waals surface area contributed by atoms with Gasteiger partial charge in [-0.2, -0.15) is 0 Å². The predicted molar refractivity (Wildman–Crippen MR) is 76.8 cm³/mol. The van der Waals surface area contributed by atoms with Crippen molar-refractivity contribution in [3.8, 4) is 0 Å². The number of fused-ring (bicyclic) bond motifs is 1. The maximum Gasteiger partial charge on any atom is 0.254 e. The van der Waals surface area contributed by atoms with E-state index in [4.69, 9.17) is 0 Å². The van der Waals surface area contributed by atoms with Gasteiger partial charge < -0.3 is 9.47 Å². The molecule has 2 aromatic rings. The van der Waals surface area contributed by atoms with Crippen LogP contribution in [0.3, 0.4) is 0 Å². The second-order valence-electron chi connectivity index (χ2n) is 4.93. The Morgan fingerprint density at radius 1 is 0.950 bits per heavy atom. The molecule has 0 aliphatic carbocycles. The number of aromatic nitrogens is 1. The second-order valence-corrected chi connectivity index (χ2v) is 4.93. The first-order valence-corrected chi connectivity index (χ1v) is 6.78. The highest BCUT2D eigenvalue weighted by Gasteiger charge is 2.23. The molecule has 1 aliphatic rings. The molecule has 0 fully saturated rings. The summed E-state index contributed by atoms with van der Waals surface area (Å²) in [6.45, 7) is 1.82. The summed E-state index contributed by atoms with van der Waals surface area (Å²) in [5.41, 5.74) is 1.88. The third-order valence-electron chi connectivity index (χ3n) is 3.70. The second kappa shape index (κ2) is 5.33. The summed E-state index contributed by atoms with van der Waals surface area (Å²) < 4.78 is 1.63. The molecule has 2 heterocycles. The van der Waals surface area contributed by atoms with Crippen LogP contribution in [0.2, 0.25) is 0 Å². The highest BCUT2D eigenvalue weighted by Crippen LogP contribution is 2.18. The topological polar surface area (TPSA) is 42.3 Å². The molecule has 0 atom stereocenters. The molecule has 1 amide bonds. The van der Waals surface area contributed by atoms with E-state index in [1.165, 1.54) is 6.07 Å². The predicted octanol–water partition coefficient (Wildman–Crippen LogP) is 1.55. The van der Waals surface area contributed by atoms with Gasteiger partial charge in [0.15, 0.2) is 0 Å². The van der Waals surface area contributed by atoms with Crippen molar-refractivity contribution in [3.63, 3.8) is 0 Å². The fraction of sp³-hybridized carbons (Fsp3) is 0.250. The van der Waals surface area contributed by atoms with Gasteiger partial charge in [0.25, 0.3) is 11.5 Å². The Hall–Kier alpha value is -2.36. The first kappa shape index (κ1) is 12.7. The lowest BCUT2D eigenvalue weighted by atomic mass is 9.99. The SMILES string of the molecule is O=C1c2ccccc2CCN1CCn1ccccc1=O. The molecule has 0 radical (unpaired) electrons. The summed E-state index contributed by atoms with van der Waals surface area (Å²) in [5.74, 6) is 0.0656. The van der Waals surface area contributed by atoms with Gasteiger partial charge >= 0.3 is 0 Å². The van der Waals surface area contributed by atoms with Crippen LogP contribution in [0.25, 0.3) is 0 Å². The lowest BCUT2D eigenvalue weighted by molar-refractivity contribution is 0.0733. The fourth-order valence-corrected chi connectivity index (χ4v) is 2.56. The van der Waals surface area contributed by atoms with Crippen molar-refractivity contribution < 1.29 is 4.79 Å². The van der Waals surface area contributed by atoms with Gasteiger partial charge in [-0.1, -0.05) is 24.3 Å². The van der Waals surface area contributed by atoms with Crippen LogP contribution >= 0.6 is 0 Å². The van der Waals surface area contributed by atoms with Crippen molar-refractivity contribution in [2.24, 2.45) is 0 Å². The van der Waals surface area contributed by atoms with Crippen molar-refractivity contribution in [2.45, 2.75) is 13.0 Å². The van der Waals surface area contributed by atoms with Crippen molar-refractivity contribution in [3.05, 3.63) is 70.1 Å². The Morgan fingerprint density at radius 3 is 2.60 bits per heavy atom. The molecule has 0 spiro atoms. The van der Waals surface area contributed by atoms with Crippen LogP contribution in [-0.4, -0.2) is 28.5 Å². The van der Waals surface area contributed by atoms with Crippen molar-refractivity contribution >= 4 is 5.91 Å². The van der Waals surface area contributed by atoms with Gasteiger partial charge in [0, 0.05) is 37.5 Å². The van der Waals surface area contributed by atoms with Crippen molar-refractivity contribution in [1.82, 2.24) is 9.47 Å². The maximum absolute atomic E-state index is 12.4. The van der Waals surface area contributed by atoms with Gasteiger partial charge in [0.05, 0.1) is 0 Å². The van der Waals surface area contributed by atoms with Crippen LogP contribution in [-0.2, 0) is 13.0 Å². The quantitative estimate of drug-likeness (QED) is 0.847. The molecule has 1 aromatic heterocycles. The number of hydrogen-bond acceptors (Lipinski definition) is 2. The lowest BCUT2D eigenvalue weighted by Gasteiger charge is -2.28. The molecule has 3 rings (SSSR count). The Kier molecular flexibility index (Phi) is 3.37. The molecule has 4 heteroatoms. The Morgan fingerprint density at radius 2 is 1.75 bits per heavy atom. The summed E-state index contributed by atoms with van der Waals surface area (Å²) in [4.78, 5) is 25.8. The van der Waals surface area contributed by atoms with Gasteiger partial charge in [0.2, 0.25) is 0 Å². The highest BCUT2D eigenvalue weighted by molar-refractivity contribution is 5.96. The zero-order valence-corrected chi connectivity index (χ0v) is 11.2. The zero-order chi connectivity index (χ0) is 13.9. The van der Waals surface area contributed by atoms with E-state index in [2.05, 4.69) is 0 Å². The summed E-state index contributed by atoms with van der Waals surface area (Å²) in [6, 6.07) is 12.8. The summed E-state index contributed by atoms with van der Waals surface area (Å²) in [6.07, 6.45) is 2.64. The van der Waals surface area contributed by atoms with Crippen LogP contribution in [0.15, 0.2) is 53.5 Å². The minimum Gasteiger partial charge on any atom is -0.337 e. The number of pyridine rings is 1. The van der Waals surface area contributed by atoms with Crippen molar-refractivity contribution in [1.29, 1.82) is 0 Å². The van der Waals surface area contributed by atoms with Crippen molar-refractivity contribution in [2.75, 3.05) is 13.1 Å². The molecular formula is C16H16N2O2. The average Bonchev–Trinajstić information content (AvgIpc) is 2.48. The molecule has 4 nitrogen and oxygen atoms in total. The largest absolute Gasteiger partial charge is 0.337 e. The monoisotopic (exact) mass is 268 g/mol. The van der Waals surface area contributed by atoms with Crippen LogP contribution in [0.4, 0.5) is 0 Å². The molecule has 1 aromatic carbocycles. The highest BCUT2D eigenvalue weighted by atomic mass is 16.2. The van der Waals surface area contributed by atoms with Crippen LogP contribution in [0, 0.1) is 0 Å². The van der Waals surface area contributed by atoms with Crippen LogP contribution < -0.4 is 5.56 Å². The number of hydrogen-bond donors (Lipinski definition) is 0. The Labute approximate surface area is 117 Å². The minimum absolute atomic E-state index is 0.0302. The molecule has 0 unspecified atom stereocenters. The van der Waals surface area contributed by atoms with E-state index in [1.807, 2.05) is 35.2 Å². The summed E-state index contributed by atoms with van der Waals surface area (Å²) in [7, 11) is 0. The molecule has 0 N–H and O–H groups in total. The molecule has 20 heavy (non-hydrogen) atoms. The van der Waals surface area contributed by atoms with E-state index in [-0.39, 0.29) is 11.5 Å². The van der Waals surface area contributed by atoms with E-state index in [9.17, 15) is 9.59 Å². The van der Waals surface area contributed by atoms with E-state index in [0.29, 0.717) is 13.1 Å². The fourth-order valence-electron chi connectivity index (χ4n) is 2.56. The number of carbonyl (C=O) groups excluding carboxylic acids is 1. The first-order valence-electron chi connectivity index (χ1n) is 6.78. The third-order valence-corrected chi connectivity index (χ3v) is 3.70. The van der Waals surface area contributed by atoms with Gasteiger partial charge in [-0.3, -0.25) is 9.59 Å². The van der Waals surface area contributed by atoms with Gasteiger partial charge in [0.1, 0.15) is 0 Å². The number of benzene rings is 1. The van der Waals surface area contributed by atoms with Gasteiger partial charge in [-0.05, 0) is 24.1 Å². The third kappa shape index (κ3) is 2.37. The Bertz CT molecular complexity index is 691. The minimum atomic E-state index is -0.0302. The molecule has 0 saturated heterocycles. The number of rotatable bonds is 3. The Balaban J connectivity index is 1.73. The average molecular weight is 268 g/mol. The zero-order valence-electron chi connectivity index (χ0n) is 11.2. The van der Waals surface area contributed by atoms with E-state index < -0.39 is 0 Å². The maximum atomic E-state index is 12.4. The molecule has 0 bridgehead atoms. The molecule has 0 saturated carbocycles. The lowest BCUT2D eigenvalue weighted by Crippen LogP contribution is -2.40. The van der Waals surface area contributed by atoms with Gasteiger partial charge in [-0.15, -0.1) is 0 Å². The standard InChI is InChI=1S/C16H16N2O2/c19-15-7-3-4-9-17(15)11-12-18-10-8-13-5-1-2-6-14(13)16(18)20/h1-7,9H,8,10-12H2. The molecule has 102 valence electrons. The first-order chi connectivity index (χ1) is 9.75. The smallest absolute Gasteiger partial charge is 0.254 e. The van der Waals surface area contributed by atoms with Crippen LogP contribution in [0.5, 0.6) is 0 Å². The number of carbonyl (C=O) groups is 1. The van der Waals surface area contributed by atoms with E-state index in [0.717, 1.165) is 24.1 Å².